The quantitative estimate of drug-likeness (QED) is 0.858. The molecule has 1 aliphatic heterocycles. The van der Waals surface area contributed by atoms with Gasteiger partial charge in [-0.25, -0.2) is 13.2 Å². The van der Waals surface area contributed by atoms with Gasteiger partial charge in [0.2, 0.25) is 0 Å². The van der Waals surface area contributed by atoms with Crippen LogP contribution in [0.15, 0.2) is 12.1 Å². The van der Waals surface area contributed by atoms with Crippen LogP contribution in [0, 0.1) is 17.5 Å². The fourth-order valence-electron chi connectivity index (χ4n) is 2.18. The highest BCUT2D eigenvalue weighted by molar-refractivity contribution is 5.94. The first-order chi connectivity index (χ1) is 9.99. The number of hydrogen-bond donors (Lipinski definition) is 1. The van der Waals surface area contributed by atoms with Gasteiger partial charge in [-0.1, -0.05) is 0 Å². The summed E-state index contributed by atoms with van der Waals surface area (Å²) in [7, 11) is 1.98. The molecule has 0 bridgehead atoms. The summed E-state index contributed by atoms with van der Waals surface area (Å²) >= 11 is 0. The van der Waals surface area contributed by atoms with Gasteiger partial charge in [-0.3, -0.25) is 4.79 Å². The van der Waals surface area contributed by atoms with E-state index >= 15 is 0 Å². The topological polar surface area (TPSA) is 41.6 Å². The van der Waals surface area contributed by atoms with Crippen LogP contribution in [0.5, 0.6) is 0 Å². The maximum absolute atomic E-state index is 13.4. The molecule has 1 aromatic rings. The second kappa shape index (κ2) is 6.91. The van der Waals surface area contributed by atoms with Crippen LogP contribution >= 0.6 is 0 Å². The van der Waals surface area contributed by atoms with Crippen molar-refractivity contribution in [1.29, 1.82) is 0 Å². The third-order valence-corrected chi connectivity index (χ3v) is 3.37. The molecule has 1 fully saturated rings. The first kappa shape index (κ1) is 15.8. The van der Waals surface area contributed by atoms with E-state index in [1.54, 1.807) is 0 Å². The van der Waals surface area contributed by atoms with Gasteiger partial charge in [0.15, 0.2) is 17.5 Å². The molecule has 0 spiro atoms. The van der Waals surface area contributed by atoms with Crippen molar-refractivity contribution in [3.8, 4) is 0 Å². The highest BCUT2D eigenvalue weighted by atomic mass is 19.2. The molecule has 1 N–H and O–H groups in total. The zero-order valence-corrected chi connectivity index (χ0v) is 11.7. The van der Waals surface area contributed by atoms with Crippen molar-refractivity contribution in [2.75, 3.05) is 33.3 Å². The van der Waals surface area contributed by atoms with Crippen LogP contribution in [0.4, 0.5) is 13.2 Å². The van der Waals surface area contributed by atoms with Crippen LogP contribution in [0.25, 0.3) is 0 Å². The fraction of sp³-hybridized carbons (Fsp3) is 0.500. The molecule has 1 unspecified atom stereocenters. The van der Waals surface area contributed by atoms with Gasteiger partial charge in [-0.05, 0) is 25.6 Å². The smallest absolute Gasteiger partial charge is 0.254 e. The minimum absolute atomic E-state index is 0.00106. The average Bonchev–Trinajstić information content (AvgIpc) is 2.45. The van der Waals surface area contributed by atoms with Crippen LogP contribution in [-0.2, 0) is 4.74 Å². The highest BCUT2D eigenvalue weighted by Crippen LogP contribution is 2.15. The Bertz CT molecular complexity index is 525. The van der Waals surface area contributed by atoms with E-state index in [0.717, 1.165) is 25.2 Å². The maximum Gasteiger partial charge on any atom is 0.254 e. The standard InChI is InChI=1S/C14H17F3N2O2/c1-19-6-7-21-9(8-19)4-5-18-14(20)10-2-3-11(15)13(17)12(10)16/h2-3,9H,4-8H2,1H3,(H,18,20). The van der Waals surface area contributed by atoms with Gasteiger partial charge < -0.3 is 15.0 Å². The number of carbonyl (C=O) groups excluding carboxylic acids is 1. The summed E-state index contributed by atoms with van der Waals surface area (Å²) in [5.41, 5.74) is -0.504. The predicted molar refractivity (Wildman–Crippen MR) is 70.5 cm³/mol. The number of rotatable bonds is 4. The average molecular weight is 302 g/mol. The lowest BCUT2D eigenvalue weighted by Crippen LogP contribution is -2.41. The minimum Gasteiger partial charge on any atom is -0.375 e. The lowest BCUT2D eigenvalue weighted by atomic mass is 10.1. The van der Waals surface area contributed by atoms with Crippen LogP contribution in [0.3, 0.4) is 0 Å². The number of benzene rings is 1. The van der Waals surface area contributed by atoms with Gasteiger partial charge in [-0.15, -0.1) is 0 Å². The number of nitrogens with zero attached hydrogens (tertiary/aromatic N) is 1. The third-order valence-electron chi connectivity index (χ3n) is 3.37. The van der Waals surface area contributed by atoms with E-state index in [2.05, 4.69) is 10.2 Å². The lowest BCUT2D eigenvalue weighted by molar-refractivity contribution is -0.0226. The Labute approximate surface area is 120 Å². The number of ether oxygens (including phenoxy) is 1. The van der Waals surface area contributed by atoms with Gasteiger partial charge in [0.05, 0.1) is 18.3 Å². The molecule has 0 aromatic heterocycles. The molecule has 2 rings (SSSR count). The Hall–Kier alpha value is -1.60. The van der Waals surface area contributed by atoms with E-state index in [1.165, 1.54) is 0 Å². The SMILES string of the molecule is CN1CCOC(CCNC(=O)c2ccc(F)c(F)c2F)C1. The van der Waals surface area contributed by atoms with Gasteiger partial charge in [0, 0.05) is 19.6 Å². The molecule has 1 aromatic carbocycles. The fourth-order valence-corrected chi connectivity index (χ4v) is 2.18. The molecule has 1 aliphatic rings. The predicted octanol–water partition coefficient (Wildman–Crippen LogP) is 1.55. The van der Waals surface area contributed by atoms with E-state index in [1.807, 2.05) is 7.05 Å². The summed E-state index contributed by atoms with van der Waals surface area (Å²) in [6, 6.07) is 1.65. The van der Waals surface area contributed by atoms with Crippen molar-refractivity contribution in [3.05, 3.63) is 35.1 Å². The van der Waals surface area contributed by atoms with E-state index in [9.17, 15) is 18.0 Å². The van der Waals surface area contributed by atoms with Gasteiger partial charge in [0.25, 0.3) is 5.91 Å². The highest BCUT2D eigenvalue weighted by Gasteiger charge is 2.20. The molecule has 0 saturated carbocycles. The molecule has 0 aliphatic carbocycles. The van der Waals surface area contributed by atoms with Crippen molar-refractivity contribution >= 4 is 5.91 Å². The second-order valence-electron chi connectivity index (χ2n) is 5.02. The molecule has 21 heavy (non-hydrogen) atoms. The van der Waals surface area contributed by atoms with Crippen molar-refractivity contribution in [2.45, 2.75) is 12.5 Å². The lowest BCUT2D eigenvalue weighted by Gasteiger charge is -2.30. The van der Waals surface area contributed by atoms with Crippen molar-refractivity contribution in [1.82, 2.24) is 10.2 Å². The zero-order chi connectivity index (χ0) is 15.4. The van der Waals surface area contributed by atoms with E-state index in [0.29, 0.717) is 13.0 Å². The summed E-state index contributed by atoms with van der Waals surface area (Å²) in [5, 5.41) is 2.48. The van der Waals surface area contributed by atoms with E-state index in [4.69, 9.17) is 4.74 Å². The van der Waals surface area contributed by atoms with Crippen LogP contribution in [-0.4, -0.2) is 50.2 Å². The molecule has 1 amide bonds. The van der Waals surface area contributed by atoms with Crippen molar-refractivity contribution in [2.24, 2.45) is 0 Å². The maximum atomic E-state index is 13.4. The molecular weight excluding hydrogens is 285 g/mol. The van der Waals surface area contributed by atoms with E-state index < -0.39 is 28.9 Å². The number of amides is 1. The number of likely N-dealkylation sites (N-methyl/N-ethyl adjacent to an activating group) is 1. The van der Waals surface area contributed by atoms with Gasteiger partial charge >= 0.3 is 0 Å². The van der Waals surface area contributed by atoms with E-state index in [-0.39, 0.29) is 12.6 Å². The molecule has 1 atom stereocenters. The molecule has 1 saturated heterocycles. The van der Waals surface area contributed by atoms with Crippen LogP contribution in [0.1, 0.15) is 16.8 Å². The van der Waals surface area contributed by atoms with Gasteiger partial charge in [0.1, 0.15) is 0 Å². The second-order valence-corrected chi connectivity index (χ2v) is 5.02. The normalized spacial score (nSPS) is 19.5. The zero-order valence-electron chi connectivity index (χ0n) is 11.7. The van der Waals surface area contributed by atoms with Gasteiger partial charge in [-0.2, -0.15) is 0 Å². The summed E-state index contributed by atoms with van der Waals surface area (Å²) in [6.07, 6.45) is 0.570. The minimum atomic E-state index is -1.64. The summed E-state index contributed by atoms with van der Waals surface area (Å²) in [4.78, 5) is 13.9. The molecule has 0 radical (unpaired) electrons. The largest absolute Gasteiger partial charge is 0.375 e. The molecule has 7 heteroatoms. The Balaban J connectivity index is 1.86. The van der Waals surface area contributed by atoms with Crippen LogP contribution < -0.4 is 5.32 Å². The number of morpholine rings is 1. The number of nitrogens with one attached hydrogen (secondary N) is 1. The van der Waals surface area contributed by atoms with Crippen molar-refractivity contribution in [3.63, 3.8) is 0 Å². The Morgan fingerprint density at radius 2 is 2.14 bits per heavy atom. The molecule has 1 heterocycles. The molecule has 4 nitrogen and oxygen atoms in total. The number of carbonyl (C=O) groups is 1. The number of hydrogen-bond acceptors (Lipinski definition) is 3. The first-order valence-electron chi connectivity index (χ1n) is 6.71. The summed E-state index contributed by atoms with van der Waals surface area (Å²) < 4.78 is 44.8. The summed E-state index contributed by atoms with van der Waals surface area (Å²) in [6.45, 7) is 2.53. The Morgan fingerprint density at radius 1 is 1.38 bits per heavy atom. The third kappa shape index (κ3) is 3.95. The number of halogens is 3. The molecular formula is C14H17F3N2O2. The van der Waals surface area contributed by atoms with Crippen LogP contribution in [0.2, 0.25) is 0 Å². The Morgan fingerprint density at radius 3 is 2.86 bits per heavy atom. The molecule has 116 valence electrons. The van der Waals surface area contributed by atoms with Crippen molar-refractivity contribution < 1.29 is 22.7 Å². The first-order valence-corrected chi connectivity index (χ1v) is 6.71. The monoisotopic (exact) mass is 302 g/mol. The summed E-state index contributed by atoms with van der Waals surface area (Å²) in [5.74, 6) is -5.20. The Kier molecular flexibility index (Phi) is 5.19.